The van der Waals surface area contributed by atoms with Crippen molar-refractivity contribution in [3.05, 3.63) is 71.8 Å². The molecular weight excluding hydrogens is 300 g/mol. The van der Waals surface area contributed by atoms with Crippen LogP contribution in [-0.2, 0) is 22.7 Å². The summed E-state index contributed by atoms with van der Waals surface area (Å²) in [6, 6.07) is 19.3. The number of likely N-dealkylation sites (N-methyl/N-ethyl adjacent to an activating group) is 1. The van der Waals surface area contributed by atoms with Gasteiger partial charge in [-0.3, -0.25) is 9.59 Å². The van der Waals surface area contributed by atoms with Gasteiger partial charge in [0.1, 0.15) is 0 Å². The second-order valence-electron chi connectivity index (χ2n) is 6.16. The van der Waals surface area contributed by atoms with E-state index in [1.54, 1.807) is 11.9 Å². The summed E-state index contributed by atoms with van der Waals surface area (Å²) in [6.45, 7) is 4.70. The van der Waals surface area contributed by atoms with E-state index in [4.69, 9.17) is 0 Å². The van der Waals surface area contributed by atoms with Gasteiger partial charge in [-0.25, -0.2) is 0 Å². The molecule has 4 nitrogen and oxygen atoms in total. The number of nitrogens with zero attached hydrogens (tertiary/aromatic N) is 2. The molecule has 0 aliphatic rings. The third-order valence-electron chi connectivity index (χ3n) is 3.87. The van der Waals surface area contributed by atoms with Crippen LogP contribution in [0.25, 0.3) is 0 Å². The highest BCUT2D eigenvalue weighted by Gasteiger charge is 2.27. The molecule has 0 spiro atoms. The van der Waals surface area contributed by atoms with Crippen molar-refractivity contribution in [1.29, 1.82) is 0 Å². The van der Waals surface area contributed by atoms with Crippen molar-refractivity contribution in [2.75, 3.05) is 7.05 Å². The van der Waals surface area contributed by atoms with Crippen LogP contribution in [-0.4, -0.2) is 34.7 Å². The standard InChI is InChI=1S/C20H24N2O2/c1-16(2)22(15-18-12-8-5-9-13-18)20(24)19(23)21(3)14-17-10-6-4-7-11-17/h4-13,16H,14-15H2,1-3H3. The molecule has 0 saturated heterocycles. The first-order valence-corrected chi connectivity index (χ1v) is 8.13. The minimum absolute atomic E-state index is 0.0493. The van der Waals surface area contributed by atoms with Crippen molar-refractivity contribution in [2.24, 2.45) is 0 Å². The molecule has 2 aromatic carbocycles. The van der Waals surface area contributed by atoms with Crippen LogP contribution in [0.15, 0.2) is 60.7 Å². The Morgan fingerprint density at radius 2 is 1.25 bits per heavy atom. The second-order valence-corrected chi connectivity index (χ2v) is 6.16. The highest BCUT2D eigenvalue weighted by molar-refractivity contribution is 6.34. The Kier molecular flexibility index (Phi) is 6.13. The Morgan fingerprint density at radius 1 is 0.792 bits per heavy atom. The summed E-state index contributed by atoms with van der Waals surface area (Å²) < 4.78 is 0. The molecule has 0 bridgehead atoms. The number of carbonyl (C=O) groups excluding carboxylic acids is 2. The predicted octanol–water partition coefficient (Wildman–Crippen LogP) is 3.08. The lowest BCUT2D eigenvalue weighted by Crippen LogP contribution is -2.46. The maximum absolute atomic E-state index is 12.7. The van der Waals surface area contributed by atoms with Crippen LogP contribution in [0.1, 0.15) is 25.0 Å². The fraction of sp³-hybridized carbons (Fsp3) is 0.300. The van der Waals surface area contributed by atoms with Crippen LogP contribution in [0.4, 0.5) is 0 Å². The van der Waals surface area contributed by atoms with Gasteiger partial charge in [0.05, 0.1) is 0 Å². The molecule has 0 aliphatic carbocycles. The number of rotatable bonds is 5. The lowest BCUT2D eigenvalue weighted by molar-refractivity contribution is -0.152. The van der Waals surface area contributed by atoms with E-state index < -0.39 is 11.8 Å². The topological polar surface area (TPSA) is 40.6 Å². The quantitative estimate of drug-likeness (QED) is 0.793. The van der Waals surface area contributed by atoms with Crippen LogP contribution in [0.2, 0.25) is 0 Å². The minimum Gasteiger partial charge on any atom is -0.333 e. The van der Waals surface area contributed by atoms with Gasteiger partial charge in [-0.2, -0.15) is 0 Å². The summed E-state index contributed by atoms with van der Waals surface area (Å²) in [6.07, 6.45) is 0. The Bertz CT molecular complexity index is 669. The summed E-state index contributed by atoms with van der Waals surface area (Å²) >= 11 is 0. The summed E-state index contributed by atoms with van der Waals surface area (Å²) in [7, 11) is 1.66. The van der Waals surface area contributed by atoms with Gasteiger partial charge in [0.2, 0.25) is 0 Å². The number of hydrogen-bond donors (Lipinski definition) is 0. The molecule has 0 aliphatic heterocycles. The van der Waals surface area contributed by atoms with Crippen molar-refractivity contribution in [3.8, 4) is 0 Å². The molecule has 0 radical (unpaired) electrons. The fourth-order valence-corrected chi connectivity index (χ4v) is 2.48. The van der Waals surface area contributed by atoms with Gasteiger partial charge < -0.3 is 9.80 Å². The molecule has 2 rings (SSSR count). The van der Waals surface area contributed by atoms with Gasteiger partial charge in [-0.15, -0.1) is 0 Å². The predicted molar refractivity (Wildman–Crippen MR) is 95.0 cm³/mol. The zero-order valence-electron chi connectivity index (χ0n) is 14.5. The smallest absolute Gasteiger partial charge is 0.312 e. The maximum atomic E-state index is 12.7. The molecule has 24 heavy (non-hydrogen) atoms. The van der Waals surface area contributed by atoms with Crippen LogP contribution >= 0.6 is 0 Å². The van der Waals surface area contributed by atoms with Gasteiger partial charge in [0.25, 0.3) is 0 Å². The molecule has 0 aromatic heterocycles. The molecule has 4 heteroatoms. The Morgan fingerprint density at radius 3 is 1.71 bits per heavy atom. The molecule has 0 heterocycles. The van der Waals surface area contributed by atoms with E-state index in [0.29, 0.717) is 13.1 Å². The normalized spacial score (nSPS) is 10.5. The van der Waals surface area contributed by atoms with E-state index in [9.17, 15) is 9.59 Å². The van der Waals surface area contributed by atoms with Crippen LogP contribution in [0.3, 0.4) is 0 Å². The number of hydrogen-bond acceptors (Lipinski definition) is 2. The van der Waals surface area contributed by atoms with Gasteiger partial charge in [0.15, 0.2) is 0 Å². The van der Waals surface area contributed by atoms with E-state index >= 15 is 0 Å². The third kappa shape index (κ3) is 4.69. The van der Waals surface area contributed by atoms with E-state index in [2.05, 4.69) is 0 Å². The maximum Gasteiger partial charge on any atom is 0.312 e. The van der Waals surface area contributed by atoms with E-state index in [1.807, 2.05) is 74.5 Å². The summed E-state index contributed by atoms with van der Waals surface area (Å²) in [4.78, 5) is 28.3. The van der Waals surface area contributed by atoms with Gasteiger partial charge >= 0.3 is 11.8 Å². The third-order valence-corrected chi connectivity index (χ3v) is 3.87. The summed E-state index contributed by atoms with van der Waals surface area (Å²) in [5.41, 5.74) is 2.01. The van der Waals surface area contributed by atoms with E-state index in [1.165, 1.54) is 4.90 Å². The molecular formula is C20H24N2O2. The Labute approximate surface area is 143 Å². The minimum atomic E-state index is -0.483. The fourth-order valence-electron chi connectivity index (χ4n) is 2.48. The van der Waals surface area contributed by atoms with Crippen LogP contribution in [0.5, 0.6) is 0 Å². The van der Waals surface area contributed by atoms with Crippen LogP contribution < -0.4 is 0 Å². The van der Waals surface area contributed by atoms with Crippen molar-refractivity contribution >= 4 is 11.8 Å². The second kappa shape index (κ2) is 8.29. The van der Waals surface area contributed by atoms with Crippen molar-refractivity contribution in [3.63, 3.8) is 0 Å². The Hall–Kier alpha value is -2.62. The Balaban J connectivity index is 2.06. The number of benzene rings is 2. The van der Waals surface area contributed by atoms with Gasteiger partial charge in [-0.1, -0.05) is 60.7 Å². The lowest BCUT2D eigenvalue weighted by atomic mass is 10.1. The van der Waals surface area contributed by atoms with Gasteiger partial charge in [-0.05, 0) is 25.0 Å². The largest absolute Gasteiger partial charge is 0.333 e. The van der Waals surface area contributed by atoms with E-state index in [-0.39, 0.29) is 6.04 Å². The molecule has 0 fully saturated rings. The number of carbonyl (C=O) groups is 2. The SMILES string of the molecule is CC(C)N(Cc1ccccc1)C(=O)C(=O)N(C)Cc1ccccc1. The van der Waals surface area contributed by atoms with Crippen molar-refractivity contribution in [2.45, 2.75) is 33.0 Å². The first kappa shape index (κ1) is 17.7. The highest BCUT2D eigenvalue weighted by atomic mass is 16.2. The molecule has 2 aromatic rings. The molecule has 2 amide bonds. The number of amides is 2. The first-order valence-electron chi connectivity index (χ1n) is 8.13. The average molecular weight is 324 g/mol. The van der Waals surface area contributed by atoms with E-state index in [0.717, 1.165) is 11.1 Å². The monoisotopic (exact) mass is 324 g/mol. The lowest BCUT2D eigenvalue weighted by Gasteiger charge is -2.28. The molecule has 126 valence electrons. The zero-order valence-corrected chi connectivity index (χ0v) is 14.5. The highest BCUT2D eigenvalue weighted by Crippen LogP contribution is 2.11. The first-order chi connectivity index (χ1) is 11.5. The van der Waals surface area contributed by atoms with Gasteiger partial charge in [0, 0.05) is 26.2 Å². The van der Waals surface area contributed by atoms with Crippen molar-refractivity contribution in [1.82, 2.24) is 9.80 Å². The molecule has 0 N–H and O–H groups in total. The van der Waals surface area contributed by atoms with Crippen molar-refractivity contribution < 1.29 is 9.59 Å². The molecule has 0 atom stereocenters. The summed E-state index contributed by atoms with van der Waals surface area (Å²) in [5.74, 6) is -0.948. The molecule has 0 saturated carbocycles. The summed E-state index contributed by atoms with van der Waals surface area (Å²) in [5, 5.41) is 0. The zero-order chi connectivity index (χ0) is 17.5. The average Bonchev–Trinajstić information content (AvgIpc) is 2.60. The van der Waals surface area contributed by atoms with Crippen LogP contribution in [0, 0.1) is 0 Å². The molecule has 0 unspecified atom stereocenters.